The Morgan fingerprint density at radius 1 is 1.26 bits per heavy atom. The Morgan fingerprint density at radius 2 is 2.09 bits per heavy atom. The number of hydrogen-bond donors (Lipinski definition) is 1. The number of carbonyl (C=O) groups excluding carboxylic acids is 2. The molecule has 0 bridgehead atoms. The molecule has 1 N–H and O–H groups in total. The van der Waals surface area contributed by atoms with Gasteiger partial charge in [0, 0.05) is 75.1 Å². The highest BCUT2D eigenvalue weighted by Gasteiger charge is 2.30. The van der Waals surface area contributed by atoms with E-state index in [9.17, 15) is 9.59 Å². The minimum absolute atomic E-state index is 0.0270. The number of nitrogens with zero attached hydrogens (tertiary/aromatic N) is 5. The molecule has 2 aromatic rings. The van der Waals surface area contributed by atoms with E-state index in [-0.39, 0.29) is 18.0 Å². The number of likely N-dealkylation sites (tertiary alicyclic amines) is 1. The molecule has 2 fully saturated rings. The zero-order valence-corrected chi connectivity index (χ0v) is 20.9. The lowest BCUT2D eigenvalue weighted by Crippen LogP contribution is -2.54. The van der Waals surface area contributed by atoms with Crippen LogP contribution in [0.25, 0.3) is 6.08 Å². The number of carbonyl (C=O) groups is 2. The standard InChI is InChI=1S/C25H32N6O3S/c1-28-6-8-29(9-7-28)10-11-30-15-20-13-19(14-26-24(20)27-25(30)33)4-5-23(32)31-16-21(17-31)34-18-22-3-2-12-35-22/h2-5,12-14,21H,6-11,15-18H2,1H3,(H,26,27,33)/b5-4+. The Bertz CT molecular complexity index is 1060. The zero-order valence-electron chi connectivity index (χ0n) is 20.1. The van der Waals surface area contributed by atoms with Gasteiger partial charge in [-0.3, -0.25) is 15.0 Å². The fourth-order valence-electron chi connectivity index (χ4n) is 4.42. The summed E-state index contributed by atoms with van der Waals surface area (Å²) < 4.78 is 5.85. The second-order valence-electron chi connectivity index (χ2n) is 9.36. The number of pyridine rings is 1. The molecule has 2 saturated heterocycles. The summed E-state index contributed by atoms with van der Waals surface area (Å²) in [4.78, 5) is 39.0. The highest BCUT2D eigenvalue weighted by molar-refractivity contribution is 7.09. The molecule has 0 spiro atoms. The van der Waals surface area contributed by atoms with Crippen molar-refractivity contribution in [3.63, 3.8) is 0 Å². The number of ether oxygens (including phenoxy) is 1. The molecule has 186 valence electrons. The topological polar surface area (TPSA) is 81.2 Å². The predicted octanol–water partition coefficient (Wildman–Crippen LogP) is 2.18. The van der Waals surface area contributed by atoms with Crippen LogP contribution in [0, 0.1) is 0 Å². The number of urea groups is 1. The molecule has 0 atom stereocenters. The molecule has 3 amide bonds. The van der Waals surface area contributed by atoms with Crippen LogP contribution in [-0.4, -0.2) is 102 Å². The quantitative estimate of drug-likeness (QED) is 0.565. The Kier molecular flexibility index (Phi) is 7.43. The number of fused-ring (bicyclic) bond motifs is 1. The molecule has 0 saturated carbocycles. The monoisotopic (exact) mass is 496 g/mol. The van der Waals surface area contributed by atoms with Crippen molar-refractivity contribution >= 4 is 35.2 Å². The number of likely N-dealkylation sites (N-methyl/N-ethyl adjacent to an activating group) is 1. The second kappa shape index (κ2) is 10.9. The third-order valence-corrected chi connectivity index (χ3v) is 7.61. The molecular formula is C25H32N6O3S. The van der Waals surface area contributed by atoms with Crippen molar-refractivity contribution in [1.82, 2.24) is 24.6 Å². The first-order valence-corrected chi connectivity index (χ1v) is 13.0. The number of rotatable bonds is 8. The lowest BCUT2D eigenvalue weighted by Gasteiger charge is -2.38. The Morgan fingerprint density at radius 3 is 2.86 bits per heavy atom. The van der Waals surface area contributed by atoms with Gasteiger partial charge in [-0.25, -0.2) is 9.78 Å². The van der Waals surface area contributed by atoms with Gasteiger partial charge in [0.05, 0.1) is 19.3 Å². The van der Waals surface area contributed by atoms with Crippen LogP contribution in [0.3, 0.4) is 0 Å². The first-order valence-electron chi connectivity index (χ1n) is 12.1. The van der Waals surface area contributed by atoms with Crippen LogP contribution in [0.4, 0.5) is 10.6 Å². The average molecular weight is 497 g/mol. The lowest BCUT2D eigenvalue weighted by molar-refractivity contribution is -0.140. The maximum atomic E-state index is 12.5. The van der Waals surface area contributed by atoms with E-state index in [1.54, 1.807) is 34.6 Å². The normalized spacial score (nSPS) is 19.6. The molecule has 3 aliphatic rings. The molecule has 10 heteroatoms. The summed E-state index contributed by atoms with van der Waals surface area (Å²) in [6, 6.07) is 5.96. The fourth-order valence-corrected chi connectivity index (χ4v) is 5.04. The van der Waals surface area contributed by atoms with Crippen LogP contribution in [0.15, 0.2) is 35.9 Å². The number of hydrogen-bond acceptors (Lipinski definition) is 7. The summed E-state index contributed by atoms with van der Waals surface area (Å²) in [5.41, 5.74) is 1.81. The molecule has 5 heterocycles. The Hall–Kier alpha value is -2.79. The van der Waals surface area contributed by atoms with Crippen LogP contribution in [0.1, 0.15) is 16.0 Å². The van der Waals surface area contributed by atoms with Crippen LogP contribution < -0.4 is 5.32 Å². The van der Waals surface area contributed by atoms with Gasteiger partial charge in [0.15, 0.2) is 0 Å². The van der Waals surface area contributed by atoms with Crippen LogP contribution in [0.2, 0.25) is 0 Å². The molecule has 3 aliphatic heterocycles. The lowest BCUT2D eigenvalue weighted by atomic mass is 10.1. The summed E-state index contributed by atoms with van der Waals surface area (Å²) in [5, 5.41) is 4.93. The van der Waals surface area contributed by atoms with E-state index in [4.69, 9.17) is 4.74 Å². The van der Waals surface area contributed by atoms with Gasteiger partial charge in [0.2, 0.25) is 5.91 Å². The van der Waals surface area contributed by atoms with Crippen LogP contribution in [0.5, 0.6) is 0 Å². The van der Waals surface area contributed by atoms with Gasteiger partial charge in [-0.05, 0) is 36.2 Å². The molecule has 0 unspecified atom stereocenters. The van der Waals surface area contributed by atoms with E-state index in [0.717, 1.165) is 43.9 Å². The van der Waals surface area contributed by atoms with E-state index < -0.39 is 0 Å². The molecule has 35 heavy (non-hydrogen) atoms. The van der Waals surface area contributed by atoms with Crippen molar-refractivity contribution in [2.75, 3.05) is 64.7 Å². The van der Waals surface area contributed by atoms with Crippen molar-refractivity contribution in [3.8, 4) is 0 Å². The van der Waals surface area contributed by atoms with Crippen molar-refractivity contribution in [3.05, 3.63) is 51.9 Å². The highest BCUT2D eigenvalue weighted by Crippen LogP contribution is 2.23. The van der Waals surface area contributed by atoms with E-state index in [1.807, 2.05) is 22.4 Å². The molecular weight excluding hydrogens is 464 g/mol. The highest BCUT2D eigenvalue weighted by atomic mass is 32.1. The largest absolute Gasteiger partial charge is 0.369 e. The number of piperazine rings is 1. The van der Waals surface area contributed by atoms with E-state index >= 15 is 0 Å². The van der Waals surface area contributed by atoms with Crippen molar-refractivity contribution in [2.24, 2.45) is 0 Å². The van der Waals surface area contributed by atoms with Crippen LogP contribution >= 0.6 is 11.3 Å². The molecule has 0 aliphatic carbocycles. The molecule has 5 rings (SSSR count). The summed E-state index contributed by atoms with van der Waals surface area (Å²) in [6.07, 6.45) is 5.16. The minimum Gasteiger partial charge on any atom is -0.369 e. The number of nitrogens with one attached hydrogen (secondary N) is 1. The minimum atomic E-state index is -0.105. The van der Waals surface area contributed by atoms with Gasteiger partial charge in [-0.2, -0.15) is 0 Å². The van der Waals surface area contributed by atoms with Gasteiger partial charge in [0.25, 0.3) is 0 Å². The fraction of sp³-hybridized carbons (Fsp3) is 0.480. The van der Waals surface area contributed by atoms with Crippen molar-refractivity contribution in [1.29, 1.82) is 0 Å². The van der Waals surface area contributed by atoms with Crippen molar-refractivity contribution < 1.29 is 14.3 Å². The Balaban J connectivity index is 1.10. The first-order chi connectivity index (χ1) is 17.0. The molecule has 0 aromatic carbocycles. The zero-order chi connectivity index (χ0) is 24.2. The summed E-state index contributed by atoms with van der Waals surface area (Å²) >= 11 is 1.68. The van der Waals surface area contributed by atoms with Crippen molar-refractivity contribution in [2.45, 2.75) is 19.3 Å². The Labute approximate surface area is 210 Å². The summed E-state index contributed by atoms with van der Waals surface area (Å²) in [6.45, 7) is 8.09. The first kappa shape index (κ1) is 23.9. The number of thiophene rings is 1. The third-order valence-electron chi connectivity index (χ3n) is 6.76. The predicted molar refractivity (Wildman–Crippen MR) is 136 cm³/mol. The van der Waals surface area contributed by atoms with E-state index in [2.05, 4.69) is 33.2 Å². The SMILES string of the molecule is CN1CCN(CCN2Cc3cc(/C=C/C(=O)N4CC(OCc5cccs5)C4)cnc3NC2=O)CC1. The van der Waals surface area contributed by atoms with Gasteiger partial charge in [-0.15, -0.1) is 11.3 Å². The van der Waals surface area contributed by atoms with Crippen LogP contribution in [-0.2, 0) is 22.7 Å². The van der Waals surface area contributed by atoms with E-state index in [0.29, 0.717) is 38.6 Å². The smallest absolute Gasteiger partial charge is 0.323 e. The van der Waals surface area contributed by atoms with Gasteiger partial charge >= 0.3 is 6.03 Å². The number of aromatic nitrogens is 1. The van der Waals surface area contributed by atoms with Gasteiger partial charge < -0.3 is 19.4 Å². The summed E-state index contributed by atoms with van der Waals surface area (Å²) in [7, 11) is 2.14. The van der Waals surface area contributed by atoms with E-state index in [1.165, 1.54) is 4.88 Å². The number of anilines is 1. The maximum absolute atomic E-state index is 12.5. The maximum Gasteiger partial charge on any atom is 0.323 e. The van der Waals surface area contributed by atoms with Gasteiger partial charge in [0.1, 0.15) is 5.82 Å². The summed E-state index contributed by atoms with van der Waals surface area (Å²) in [5.74, 6) is 0.573. The number of amides is 3. The second-order valence-corrected chi connectivity index (χ2v) is 10.4. The van der Waals surface area contributed by atoms with Gasteiger partial charge in [-0.1, -0.05) is 6.07 Å². The molecule has 0 radical (unpaired) electrons. The third kappa shape index (κ3) is 6.07. The average Bonchev–Trinajstić information content (AvgIpc) is 3.35. The molecule has 2 aromatic heterocycles. The molecule has 9 nitrogen and oxygen atoms in total.